The van der Waals surface area contributed by atoms with Crippen molar-refractivity contribution in [1.82, 2.24) is 10.2 Å². The first kappa shape index (κ1) is 20.8. The standard InChI is InChI=1S/C22H35N3O3/c1-4-23-22(25(2)15-17-11-12-27-16-17)24-14-18-9-10-20(26-3)13-21(18)28-19-7-5-6-8-19/h9-10,13,17,19H,4-8,11-12,14-16H2,1-3H3,(H,23,24). The van der Waals surface area contributed by atoms with Gasteiger partial charge in [0, 0.05) is 44.3 Å². The molecule has 28 heavy (non-hydrogen) atoms. The summed E-state index contributed by atoms with van der Waals surface area (Å²) < 4.78 is 17.2. The van der Waals surface area contributed by atoms with Gasteiger partial charge < -0.3 is 24.4 Å². The van der Waals surface area contributed by atoms with Crippen LogP contribution in [0.1, 0.15) is 44.6 Å². The molecule has 1 aliphatic carbocycles. The number of ether oxygens (including phenoxy) is 3. The number of aliphatic imine (C=N–C) groups is 1. The fourth-order valence-electron chi connectivity index (χ4n) is 3.92. The van der Waals surface area contributed by atoms with Crippen molar-refractivity contribution in [2.75, 3.05) is 40.5 Å². The summed E-state index contributed by atoms with van der Waals surface area (Å²) in [6.07, 6.45) is 6.21. The zero-order valence-corrected chi connectivity index (χ0v) is 17.6. The second-order valence-corrected chi connectivity index (χ2v) is 7.78. The first-order chi connectivity index (χ1) is 13.7. The lowest BCUT2D eigenvalue weighted by Crippen LogP contribution is -2.41. The molecule has 0 spiro atoms. The third-order valence-electron chi connectivity index (χ3n) is 5.52. The first-order valence-corrected chi connectivity index (χ1v) is 10.6. The Balaban J connectivity index is 1.71. The Morgan fingerprint density at radius 2 is 2.11 bits per heavy atom. The van der Waals surface area contributed by atoms with Gasteiger partial charge in [0.25, 0.3) is 0 Å². The van der Waals surface area contributed by atoms with Gasteiger partial charge in [-0.15, -0.1) is 0 Å². The van der Waals surface area contributed by atoms with Crippen molar-refractivity contribution in [3.63, 3.8) is 0 Å². The van der Waals surface area contributed by atoms with Crippen molar-refractivity contribution < 1.29 is 14.2 Å². The van der Waals surface area contributed by atoms with Crippen LogP contribution < -0.4 is 14.8 Å². The van der Waals surface area contributed by atoms with Crippen molar-refractivity contribution in [2.45, 2.75) is 51.7 Å². The Bertz CT molecular complexity index is 638. The van der Waals surface area contributed by atoms with Crippen molar-refractivity contribution in [1.29, 1.82) is 0 Å². The molecule has 1 saturated carbocycles. The van der Waals surface area contributed by atoms with Crippen LogP contribution in [0, 0.1) is 5.92 Å². The Morgan fingerprint density at radius 3 is 2.79 bits per heavy atom. The van der Waals surface area contributed by atoms with Crippen molar-refractivity contribution in [3.05, 3.63) is 23.8 Å². The van der Waals surface area contributed by atoms with Gasteiger partial charge in [0.1, 0.15) is 11.5 Å². The highest BCUT2D eigenvalue weighted by molar-refractivity contribution is 5.79. The van der Waals surface area contributed by atoms with Crippen LogP contribution in [0.5, 0.6) is 11.5 Å². The molecule has 0 radical (unpaired) electrons. The maximum Gasteiger partial charge on any atom is 0.193 e. The summed E-state index contributed by atoms with van der Waals surface area (Å²) in [5, 5.41) is 3.41. The minimum atomic E-state index is 0.313. The van der Waals surface area contributed by atoms with E-state index < -0.39 is 0 Å². The van der Waals surface area contributed by atoms with E-state index in [1.165, 1.54) is 12.8 Å². The highest BCUT2D eigenvalue weighted by atomic mass is 16.5. The lowest BCUT2D eigenvalue weighted by Gasteiger charge is -2.24. The van der Waals surface area contributed by atoms with Gasteiger partial charge in [0.05, 0.1) is 26.4 Å². The molecular formula is C22H35N3O3. The number of rotatable bonds is 8. The van der Waals surface area contributed by atoms with E-state index in [-0.39, 0.29) is 0 Å². The fourth-order valence-corrected chi connectivity index (χ4v) is 3.92. The van der Waals surface area contributed by atoms with E-state index in [0.717, 1.165) is 68.6 Å². The summed E-state index contributed by atoms with van der Waals surface area (Å²) >= 11 is 0. The lowest BCUT2D eigenvalue weighted by molar-refractivity contribution is 0.181. The minimum absolute atomic E-state index is 0.313. The molecule has 2 aliphatic rings. The Morgan fingerprint density at radius 1 is 1.29 bits per heavy atom. The zero-order chi connectivity index (χ0) is 19.8. The first-order valence-electron chi connectivity index (χ1n) is 10.6. The van der Waals surface area contributed by atoms with Gasteiger partial charge in [-0.25, -0.2) is 4.99 Å². The highest BCUT2D eigenvalue weighted by Gasteiger charge is 2.20. The maximum atomic E-state index is 6.31. The number of nitrogens with one attached hydrogen (secondary N) is 1. The van der Waals surface area contributed by atoms with Gasteiger partial charge in [0.15, 0.2) is 5.96 Å². The smallest absolute Gasteiger partial charge is 0.193 e. The molecule has 3 rings (SSSR count). The fraction of sp³-hybridized carbons (Fsp3) is 0.682. The highest BCUT2D eigenvalue weighted by Crippen LogP contribution is 2.30. The number of hydrogen-bond acceptors (Lipinski definition) is 4. The van der Waals surface area contributed by atoms with Gasteiger partial charge in [-0.1, -0.05) is 0 Å². The van der Waals surface area contributed by atoms with Crippen molar-refractivity contribution in [2.24, 2.45) is 10.9 Å². The second-order valence-electron chi connectivity index (χ2n) is 7.78. The normalized spacial score (nSPS) is 20.4. The quantitative estimate of drug-likeness (QED) is 0.545. The van der Waals surface area contributed by atoms with Crippen molar-refractivity contribution >= 4 is 5.96 Å². The predicted octanol–water partition coefficient (Wildman–Crippen LogP) is 3.45. The third-order valence-corrected chi connectivity index (χ3v) is 5.52. The van der Waals surface area contributed by atoms with Crippen LogP contribution in [0.3, 0.4) is 0 Å². The van der Waals surface area contributed by atoms with E-state index >= 15 is 0 Å². The molecule has 2 fully saturated rings. The third kappa shape index (κ3) is 5.77. The summed E-state index contributed by atoms with van der Waals surface area (Å²) in [6.45, 7) is 6.21. The monoisotopic (exact) mass is 389 g/mol. The summed E-state index contributed by atoms with van der Waals surface area (Å²) in [6, 6.07) is 6.05. The number of hydrogen-bond donors (Lipinski definition) is 1. The molecule has 156 valence electrons. The van der Waals surface area contributed by atoms with Gasteiger partial charge in [0.2, 0.25) is 0 Å². The molecule has 1 aromatic carbocycles. The minimum Gasteiger partial charge on any atom is -0.497 e. The summed E-state index contributed by atoms with van der Waals surface area (Å²) in [5.41, 5.74) is 1.10. The van der Waals surface area contributed by atoms with Crippen LogP contribution in [0.2, 0.25) is 0 Å². The molecule has 1 saturated heterocycles. The van der Waals surface area contributed by atoms with Gasteiger partial charge in [-0.2, -0.15) is 0 Å². The molecule has 1 heterocycles. The van der Waals surface area contributed by atoms with Crippen LogP contribution in [-0.2, 0) is 11.3 Å². The van der Waals surface area contributed by atoms with E-state index in [9.17, 15) is 0 Å². The van der Waals surface area contributed by atoms with Crippen LogP contribution >= 0.6 is 0 Å². The van der Waals surface area contributed by atoms with E-state index in [2.05, 4.69) is 30.3 Å². The maximum absolute atomic E-state index is 6.31. The van der Waals surface area contributed by atoms with Crippen LogP contribution in [0.4, 0.5) is 0 Å². The molecule has 6 nitrogen and oxygen atoms in total. The lowest BCUT2D eigenvalue weighted by atomic mass is 10.1. The van der Waals surface area contributed by atoms with Crippen molar-refractivity contribution in [3.8, 4) is 11.5 Å². The molecule has 1 N–H and O–H groups in total. The van der Waals surface area contributed by atoms with E-state index in [0.29, 0.717) is 18.6 Å². The number of nitrogens with zero attached hydrogens (tertiary/aromatic N) is 2. The van der Waals surface area contributed by atoms with Crippen LogP contribution in [0.15, 0.2) is 23.2 Å². The number of methoxy groups -OCH3 is 1. The average Bonchev–Trinajstić information content (AvgIpc) is 3.40. The summed E-state index contributed by atoms with van der Waals surface area (Å²) in [4.78, 5) is 7.10. The number of benzene rings is 1. The van der Waals surface area contributed by atoms with Gasteiger partial charge in [-0.3, -0.25) is 0 Å². The van der Waals surface area contributed by atoms with Gasteiger partial charge in [-0.05, 0) is 51.2 Å². The SMILES string of the molecule is CCNC(=NCc1ccc(OC)cc1OC1CCCC1)N(C)CC1CCOC1. The molecule has 0 bridgehead atoms. The Hall–Kier alpha value is -1.95. The Kier molecular flexibility index (Phi) is 7.83. The van der Waals surface area contributed by atoms with Gasteiger partial charge >= 0.3 is 0 Å². The van der Waals surface area contributed by atoms with E-state index in [1.54, 1.807) is 7.11 Å². The van der Waals surface area contributed by atoms with E-state index in [4.69, 9.17) is 19.2 Å². The summed E-state index contributed by atoms with van der Waals surface area (Å²) in [7, 11) is 3.79. The summed E-state index contributed by atoms with van der Waals surface area (Å²) in [5.74, 6) is 3.23. The molecule has 1 aliphatic heterocycles. The molecule has 1 atom stereocenters. The average molecular weight is 390 g/mol. The van der Waals surface area contributed by atoms with E-state index in [1.807, 2.05) is 12.1 Å². The van der Waals surface area contributed by atoms with Crippen LogP contribution in [-0.4, -0.2) is 57.4 Å². The molecule has 1 aromatic rings. The topological polar surface area (TPSA) is 55.3 Å². The molecular weight excluding hydrogens is 354 g/mol. The zero-order valence-electron chi connectivity index (χ0n) is 17.6. The molecule has 0 aromatic heterocycles. The second kappa shape index (κ2) is 10.6. The molecule has 1 unspecified atom stereocenters. The van der Waals surface area contributed by atoms with Crippen LogP contribution in [0.25, 0.3) is 0 Å². The Labute approximate surface area is 169 Å². The molecule has 0 amide bonds. The molecule has 6 heteroatoms. The number of guanidine groups is 1. The largest absolute Gasteiger partial charge is 0.497 e. The predicted molar refractivity (Wildman–Crippen MR) is 112 cm³/mol.